The Labute approximate surface area is 263 Å². The van der Waals surface area contributed by atoms with Crippen molar-refractivity contribution in [3.63, 3.8) is 0 Å². The Bertz CT molecular complexity index is 1940. The number of fused-ring (bicyclic) bond motifs is 1. The standard InChI is InChI=1S/C32H33ClN6O6/c1-16-18(7-6-10-21(16)35-29(41)28-31(42)38(2)32(43)39(3)37-28)19-8-5-9-20(27(19)33)23-13-17-11-12-22(26(17)30(36-23)44-4)34-24-14-45-15-25(24)40/h5-10,13,22,24-25,34,40H,11-12,14-15H2,1-4H3,(H,35,41)/t22?,24-,25+/m1/s1. The Balaban J connectivity index is 1.32. The summed E-state index contributed by atoms with van der Waals surface area (Å²) in [6.45, 7) is 2.62. The molecular weight excluding hydrogens is 600 g/mol. The number of aryl methyl sites for hydroxylation is 2. The number of amides is 1. The van der Waals surface area contributed by atoms with Gasteiger partial charge in [-0.25, -0.2) is 14.5 Å². The summed E-state index contributed by atoms with van der Waals surface area (Å²) in [5, 5.41) is 20.9. The quantitative estimate of drug-likeness (QED) is 0.280. The predicted molar refractivity (Wildman–Crippen MR) is 169 cm³/mol. The van der Waals surface area contributed by atoms with Crippen LogP contribution < -0.4 is 26.6 Å². The molecule has 4 aromatic rings. The average molecular weight is 633 g/mol. The second kappa shape index (κ2) is 12.2. The first-order valence-corrected chi connectivity index (χ1v) is 14.9. The zero-order valence-corrected chi connectivity index (χ0v) is 26.0. The van der Waals surface area contributed by atoms with E-state index in [4.69, 9.17) is 26.1 Å². The van der Waals surface area contributed by atoms with Gasteiger partial charge in [-0.05, 0) is 48.6 Å². The van der Waals surface area contributed by atoms with Gasteiger partial charge >= 0.3 is 5.69 Å². The van der Waals surface area contributed by atoms with Crippen molar-refractivity contribution in [1.82, 2.24) is 24.6 Å². The van der Waals surface area contributed by atoms with Crippen molar-refractivity contribution >= 4 is 23.2 Å². The molecule has 0 radical (unpaired) electrons. The van der Waals surface area contributed by atoms with Crippen LogP contribution in [0.15, 0.2) is 52.1 Å². The number of benzene rings is 2. The molecule has 1 fully saturated rings. The molecule has 2 aromatic heterocycles. The number of ether oxygens (including phenoxy) is 2. The summed E-state index contributed by atoms with van der Waals surface area (Å²) in [6.07, 6.45) is 1.10. The van der Waals surface area contributed by atoms with Crippen molar-refractivity contribution < 1.29 is 19.4 Å². The molecule has 1 amide bonds. The van der Waals surface area contributed by atoms with E-state index in [0.717, 1.165) is 55.5 Å². The number of methoxy groups -OCH3 is 1. The van der Waals surface area contributed by atoms with Crippen molar-refractivity contribution in [2.45, 2.75) is 38.0 Å². The highest BCUT2D eigenvalue weighted by Gasteiger charge is 2.34. The minimum atomic E-state index is -0.787. The number of hydrogen-bond donors (Lipinski definition) is 3. The first kappa shape index (κ1) is 30.7. The van der Waals surface area contributed by atoms with E-state index in [2.05, 4.69) is 15.7 Å². The number of hydrogen-bond acceptors (Lipinski definition) is 9. The Hall–Kier alpha value is -4.36. The normalized spacial score (nSPS) is 19.0. The summed E-state index contributed by atoms with van der Waals surface area (Å²) in [5.41, 5.74) is 4.34. The van der Waals surface area contributed by atoms with Gasteiger partial charge in [0, 0.05) is 42.5 Å². The molecular formula is C32H33ClN6O6. The SMILES string of the molecule is COc1nc(-c2cccc(-c3cccc(NC(=O)c4nn(C)c(=O)n(C)c4=O)c3C)c2Cl)cc2c1C(N[C@@H]1COC[C@@H]1O)CC2. The second-order valence-electron chi connectivity index (χ2n) is 11.3. The molecule has 234 valence electrons. The number of rotatable bonds is 7. The van der Waals surface area contributed by atoms with Crippen molar-refractivity contribution in [3.8, 4) is 28.3 Å². The Morgan fingerprint density at radius 2 is 1.84 bits per heavy atom. The lowest BCUT2D eigenvalue weighted by Crippen LogP contribution is -2.43. The molecule has 45 heavy (non-hydrogen) atoms. The van der Waals surface area contributed by atoms with Crippen molar-refractivity contribution in [2.24, 2.45) is 14.1 Å². The van der Waals surface area contributed by atoms with E-state index in [1.54, 1.807) is 19.2 Å². The Morgan fingerprint density at radius 3 is 2.58 bits per heavy atom. The number of halogens is 1. The number of nitrogens with zero attached hydrogens (tertiary/aromatic N) is 4. The third kappa shape index (κ3) is 5.54. The third-order valence-electron chi connectivity index (χ3n) is 8.50. The minimum Gasteiger partial charge on any atom is -0.481 e. The van der Waals surface area contributed by atoms with E-state index in [1.165, 1.54) is 14.1 Å². The number of nitrogens with one attached hydrogen (secondary N) is 2. The Morgan fingerprint density at radius 1 is 1.11 bits per heavy atom. The van der Waals surface area contributed by atoms with Gasteiger partial charge in [-0.3, -0.25) is 14.2 Å². The molecule has 13 heteroatoms. The number of aliphatic hydroxyl groups is 1. The van der Waals surface area contributed by atoms with Crippen LogP contribution in [0.2, 0.25) is 5.02 Å². The van der Waals surface area contributed by atoms with Gasteiger partial charge in [-0.1, -0.05) is 41.9 Å². The number of carbonyl (C=O) groups excluding carboxylic acids is 1. The van der Waals surface area contributed by atoms with Crippen LogP contribution in [0.5, 0.6) is 5.88 Å². The molecule has 2 aromatic carbocycles. The Kier molecular flexibility index (Phi) is 8.31. The summed E-state index contributed by atoms with van der Waals surface area (Å²) in [5.74, 6) is -0.227. The molecule has 3 N–H and O–H groups in total. The van der Waals surface area contributed by atoms with Gasteiger partial charge < -0.3 is 25.2 Å². The lowest BCUT2D eigenvalue weighted by Gasteiger charge is -2.22. The molecule has 2 aliphatic rings. The number of aliphatic hydroxyl groups excluding tert-OH is 1. The van der Waals surface area contributed by atoms with Crippen LogP contribution in [0.4, 0.5) is 5.69 Å². The average Bonchev–Trinajstić information content (AvgIpc) is 3.64. The number of anilines is 1. The molecule has 1 saturated heterocycles. The molecule has 3 heterocycles. The van der Waals surface area contributed by atoms with Crippen LogP contribution in [-0.2, 0) is 25.3 Å². The molecule has 6 rings (SSSR count). The van der Waals surface area contributed by atoms with Crippen molar-refractivity contribution in [2.75, 3.05) is 25.6 Å². The predicted octanol–water partition coefficient (Wildman–Crippen LogP) is 2.77. The van der Waals surface area contributed by atoms with Gasteiger partial charge in [0.1, 0.15) is 0 Å². The van der Waals surface area contributed by atoms with E-state index < -0.39 is 29.0 Å². The third-order valence-corrected chi connectivity index (χ3v) is 8.91. The number of pyridine rings is 1. The van der Waals surface area contributed by atoms with Crippen LogP contribution in [0, 0.1) is 6.92 Å². The van der Waals surface area contributed by atoms with Crippen LogP contribution >= 0.6 is 11.6 Å². The maximum atomic E-state index is 13.1. The highest BCUT2D eigenvalue weighted by atomic mass is 35.5. The minimum absolute atomic E-state index is 0.0172. The maximum absolute atomic E-state index is 13.1. The molecule has 12 nitrogen and oxygen atoms in total. The first-order chi connectivity index (χ1) is 21.6. The van der Waals surface area contributed by atoms with Gasteiger partial charge in [-0.2, -0.15) is 5.10 Å². The summed E-state index contributed by atoms with van der Waals surface area (Å²) < 4.78 is 12.9. The van der Waals surface area contributed by atoms with E-state index in [0.29, 0.717) is 35.5 Å². The zero-order valence-electron chi connectivity index (χ0n) is 25.3. The van der Waals surface area contributed by atoms with Gasteiger partial charge in [0.2, 0.25) is 11.6 Å². The van der Waals surface area contributed by atoms with E-state index in [-0.39, 0.29) is 12.1 Å². The van der Waals surface area contributed by atoms with Crippen molar-refractivity contribution in [3.05, 3.63) is 90.7 Å². The van der Waals surface area contributed by atoms with E-state index in [9.17, 15) is 19.5 Å². The molecule has 0 bridgehead atoms. The smallest absolute Gasteiger partial charge is 0.346 e. The largest absolute Gasteiger partial charge is 0.481 e. The maximum Gasteiger partial charge on any atom is 0.346 e. The molecule has 1 aliphatic heterocycles. The summed E-state index contributed by atoms with van der Waals surface area (Å²) in [4.78, 5) is 42.5. The molecule has 0 saturated carbocycles. The van der Waals surface area contributed by atoms with E-state index in [1.807, 2.05) is 37.3 Å². The molecule has 0 spiro atoms. The highest BCUT2D eigenvalue weighted by molar-refractivity contribution is 6.36. The van der Waals surface area contributed by atoms with Crippen LogP contribution in [0.1, 0.15) is 39.6 Å². The highest BCUT2D eigenvalue weighted by Crippen LogP contribution is 2.43. The lowest BCUT2D eigenvalue weighted by molar-refractivity contribution is 0.101. The summed E-state index contributed by atoms with van der Waals surface area (Å²) in [7, 11) is 4.26. The topological polar surface area (TPSA) is 150 Å². The van der Waals surface area contributed by atoms with Gasteiger partial charge in [0.25, 0.3) is 11.5 Å². The van der Waals surface area contributed by atoms with E-state index >= 15 is 0 Å². The fraction of sp³-hybridized carbons (Fsp3) is 0.344. The molecule has 1 aliphatic carbocycles. The zero-order chi connectivity index (χ0) is 32.0. The fourth-order valence-electron chi connectivity index (χ4n) is 6.05. The second-order valence-corrected chi connectivity index (χ2v) is 11.7. The van der Waals surface area contributed by atoms with Crippen molar-refractivity contribution in [1.29, 1.82) is 0 Å². The van der Waals surface area contributed by atoms with Gasteiger partial charge in [0.15, 0.2) is 0 Å². The van der Waals surface area contributed by atoms with Gasteiger partial charge in [-0.15, -0.1) is 0 Å². The summed E-state index contributed by atoms with van der Waals surface area (Å²) in [6, 6.07) is 13.0. The fourth-order valence-corrected chi connectivity index (χ4v) is 6.37. The monoisotopic (exact) mass is 632 g/mol. The number of carbonyl (C=O) groups is 1. The lowest BCUT2D eigenvalue weighted by atomic mass is 9.96. The van der Waals surface area contributed by atoms with Crippen LogP contribution in [0.25, 0.3) is 22.4 Å². The number of aromatic nitrogens is 4. The molecule has 3 atom stereocenters. The molecule has 1 unspecified atom stereocenters. The van der Waals surface area contributed by atoms with Gasteiger partial charge in [0.05, 0.1) is 43.2 Å². The van der Waals surface area contributed by atoms with Crippen LogP contribution in [-0.4, -0.2) is 62.8 Å². The first-order valence-electron chi connectivity index (χ1n) is 14.5. The van der Waals surface area contributed by atoms with Crippen LogP contribution in [0.3, 0.4) is 0 Å². The summed E-state index contributed by atoms with van der Waals surface area (Å²) >= 11 is 7.07.